The third-order valence-electron chi connectivity index (χ3n) is 4.13. The summed E-state index contributed by atoms with van der Waals surface area (Å²) < 4.78 is 5.14. The predicted octanol–water partition coefficient (Wildman–Crippen LogP) is 1.96. The molecule has 124 valence electrons. The molecule has 1 amide bonds. The summed E-state index contributed by atoms with van der Waals surface area (Å²) in [5.41, 5.74) is 3.93. The number of hydrogen-bond acceptors (Lipinski definition) is 5. The Hall–Kier alpha value is -2.48. The minimum atomic E-state index is -0.950. The molecule has 0 fully saturated rings. The molecule has 3 heterocycles. The Morgan fingerprint density at radius 3 is 3.00 bits per heavy atom. The number of rotatable bonds is 4. The molecular formula is C18H15BN2O3S. The van der Waals surface area contributed by atoms with E-state index < -0.39 is 7.12 Å². The maximum atomic E-state index is 12.3. The second-order valence-corrected chi connectivity index (χ2v) is 6.72. The van der Waals surface area contributed by atoms with Gasteiger partial charge in [-0.1, -0.05) is 18.2 Å². The molecule has 1 aromatic carbocycles. The van der Waals surface area contributed by atoms with Gasteiger partial charge in [-0.05, 0) is 40.7 Å². The summed E-state index contributed by atoms with van der Waals surface area (Å²) in [4.78, 5) is 17.9. The van der Waals surface area contributed by atoms with E-state index in [1.54, 1.807) is 23.5 Å². The highest BCUT2D eigenvalue weighted by Crippen LogP contribution is 2.23. The first-order valence-electron chi connectivity index (χ1n) is 7.90. The van der Waals surface area contributed by atoms with E-state index in [1.165, 1.54) is 4.88 Å². The van der Waals surface area contributed by atoms with Gasteiger partial charge in [0.05, 0.1) is 18.8 Å². The van der Waals surface area contributed by atoms with Crippen molar-refractivity contribution in [2.75, 3.05) is 0 Å². The number of nitrogens with one attached hydrogen (secondary N) is 1. The molecule has 3 aromatic rings. The van der Waals surface area contributed by atoms with Crippen LogP contribution < -0.4 is 10.8 Å². The number of thiophene rings is 1. The summed E-state index contributed by atoms with van der Waals surface area (Å²) in [6, 6.07) is 13.2. The van der Waals surface area contributed by atoms with Gasteiger partial charge < -0.3 is 15.0 Å². The molecule has 1 aliphatic rings. The molecule has 5 nitrogen and oxygen atoms in total. The second-order valence-electron chi connectivity index (χ2n) is 5.78. The van der Waals surface area contributed by atoms with Crippen LogP contribution in [0.25, 0.3) is 10.4 Å². The minimum absolute atomic E-state index is 0.203. The number of nitrogens with zero attached hydrogens (tertiary/aromatic N) is 1. The van der Waals surface area contributed by atoms with E-state index >= 15 is 0 Å². The lowest BCUT2D eigenvalue weighted by Gasteiger charge is -2.07. The monoisotopic (exact) mass is 350 g/mol. The van der Waals surface area contributed by atoms with Crippen molar-refractivity contribution in [1.29, 1.82) is 0 Å². The quantitative estimate of drug-likeness (QED) is 0.706. The van der Waals surface area contributed by atoms with E-state index in [-0.39, 0.29) is 5.91 Å². The van der Waals surface area contributed by atoms with Crippen LogP contribution in [0.1, 0.15) is 21.6 Å². The first kappa shape index (κ1) is 16.0. The molecule has 0 spiro atoms. The zero-order valence-corrected chi connectivity index (χ0v) is 14.1. The largest absolute Gasteiger partial charge is 0.491 e. The van der Waals surface area contributed by atoms with E-state index in [0.29, 0.717) is 24.2 Å². The fourth-order valence-electron chi connectivity index (χ4n) is 2.75. The van der Waals surface area contributed by atoms with E-state index in [9.17, 15) is 9.82 Å². The van der Waals surface area contributed by atoms with Gasteiger partial charge >= 0.3 is 7.12 Å². The van der Waals surface area contributed by atoms with Crippen LogP contribution in [-0.2, 0) is 17.8 Å². The number of fused-ring (bicyclic) bond motifs is 1. The average Bonchev–Trinajstić information content (AvgIpc) is 3.30. The van der Waals surface area contributed by atoms with Gasteiger partial charge in [-0.3, -0.25) is 9.78 Å². The predicted molar refractivity (Wildman–Crippen MR) is 97.6 cm³/mol. The Morgan fingerprint density at radius 2 is 2.24 bits per heavy atom. The standard InChI is InChI=1S/C18H15BN2O3S/c22-18(12-3-4-14-11-24-19(23)16(14)8-12)21-10-15-6-5-13(9-20-15)17-2-1-7-25-17/h1-9,23H,10-11H2,(H,21,22). The summed E-state index contributed by atoms with van der Waals surface area (Å²) >= 11 is 1.67. The van der Waals surface area contributed by atoms with Crippen LogP contribution in [0.3, 0.4) is 0 Å². The van der Waals surface area contributed by atoms with Gasteiger partial charge in [0.15, 0.2) is 0 Å². The molecule has 1 aliphatic heterocycles. The van der Waals surface area contributed by atoms with E-state index in [2.05, 4.69) is 16.4 Å². The molecule has 25 heavy (non-hydrogen) atoms. The average molecular weight is 350 g/mol. The lowest BCUT2D eigenvalue weighted by Crippen LogP contribution is -2.30. The number of amides is 1. The van der Waals surface area contributed by atoms with Crippen molar-refractivity contribution in [3.8, 4) is 10.4 Å². The van der Waals surface area contributed by atoms with Crippen molar-refractivity contribution in [1.82, 2.24) is 10.3 Å². The summed E-state index contributed by atoms with van der Waals surface area (Å²) in [6.07, 6.45) is 1.82. The van der Waals surface area contributed by atoms with Gasteiger partial charge in [-0.15, -0.1) is 11.3 Å². The fraction of sp³-hybridized carbons (Fsp3) is 0.111. The molecule has 2 N–H and O–H groups in total. The summed E-state index contributed by atoms with van der Waals surface area (Å²) in [5, 5.41) is 14.6. The van der Waals surface area contributed by atoms with Gasteiger partial charge in [0.1, 0.15) is 0 Å². The van der Waals surface area contributed by atoms with Crippen molar-refractivity contribution >= 4 is 29.8 Å². The van der Waals surface area contributed by atoms with Gasteiger partial charge in [0.2, 0.25) is 0 Å². The van der Waals surface area contributed by atoms with Crippen molar-refractivity contribution in [3.05, 3.63) is 70.9 Å². The Kier molecular flexibility index (Phi) is 4.36. The second kappa shape index (κ2) is 6.80. The van der Waals surface area contributed by atoms with E-state index in [1.807, 2.05) is 35.8 Å². The van der Waals surface area contributed by atoms with Gasteiger partial charge in [0, 0.05) is 22.2 Å². The summed E-state index contributed by atoms with van der Waals surface area (Å²) in [6.45, 7) is 0.721. The number of hydrogen-bond donors (Lipinski definition) is 2. The molecule has 0 saturated carbocycles. The number of benzene rings is 1. The number of aromatic nitrogens is 1. The molecule has 0 atom stereocenters. The third-order valence-corrected chi connectivity index (χ3v) is 5.05. The SMILES string of the molecule is O=C(NCc1ccc(-c2cccs2)cn1)c1ccc2c(c1)B(O)OC2. The summed E-state index contributed by atoms with van der Waals surface area (Å²) in [7, 11) is -0.950. The Labute approximate surface area is 149 Å². The zero-order chi connectivity index (χ0) is 17.2. The smallest absolute Gasteiger partial charge is 0.423 e. The van der Waals surface area contributed by atoms with Crippen LogP contribution in [0.2, 0.25) is 0 Å². The number of pyridine rings is 1. The van der Waals surface area contributed by atoms with Crippen molar-refractivity contribution in [3.63, 3.8) is 0 Å². The highest BCUT2D eigenvalue weighted by atomic mass is 32.1. The molecule has 0 radical (unpaired) electrons. The van der Waals surface area contributed by atoms with Crippen molar-refractivity contribution in [2.24, 2.45) is 0 Å². The molecule has 0 unspecified atom stereocenters. The normalized spacial score (nSPS) is 12.9. The molecular weight excluding hydrogens is 335 g/mol. The van der Waals surface area contributed by atoms with Crippen LogP contribution in [0.4, 0.5) is 0 Å². The number of carbonyl (C=O) groups excluding carboxylic acids is 1. The first-order chi connectivity index (χ1) is 12.2. The molecule has 7 heteroatoms. The Bertz CT molecular complexity index is 897. The lowest BCUT2D eigenvalue weighted by atomic mass is 9.79. The Morgan fingerprint density at radius 1 is 1.32 bits per heavy atom. The van der Waals surface area contributed by atoms with Gasteiger partial charge in [0.25, 0.3) is 5.91 Å². The fourth-order valence-corrected chi connectivity index (χ4v) is 3.46. The zero-order valence-electron chi connectivity index (χ0n) is 13.3. The molecule has 0 saturated heterocycles. The maximum absolute atomic E-state index is 12.3. The van der Waals surface area contributed by atoms with Crippen LogP contribution in [-0.4, -0.2) is 23.0 Å². The van der Waals surface area contributed by atoms with Crippen LogP contribution >= 0.6 is 11.3 Å². The molecule has 2 aromatic heterocycles. The highest BCUT2D eigenvalue weighted by Gasteiger charge is 2.27. The topological polar surface area (TPSA) is 71.5 Å². The van der Waals surface area contributed by atoms with Crippen LogP contribution in [0, 0.1) is 0 Å². The van der Waals surface area contributed by atoms with Gasteiger partial charge in [-0.25, -0.2) is 0 Å². The third kappa shape index (κ3) is 3.35. The highest BCUT2D eigenvalue weighted by molar-refractivity contribution is 7.13. The van der Waals surface area contributed by atoms with Crippen molar-refractivity contribution < 1.29 is 14.5 Å². The van der Waals surface area contributed by atoms with Gasteiger partial charge in [-0.2, -0.15) is 0 Å². The van der Waals surface area contributed by atoms with Crippen LogP contribution in [0.15, 0.2) is 54.0 Å². The molecule has 4 rings (SSSR count). The first-order valence-corrected chi connectivity index (χ1v) is 8.78. The minimum Gasteiger partial charge on any atom is -0.423 e. The number of carbonyl (C=O) groups is 1. The Balaban J connectivity index is 1.41. The van der Waals surface area contributed by atoms with E-state index in [0.717, 1.165) is 16.8 Å². The molecule has 0 aliphatic carbocycles. The molecule has 0 bridgehead atoms. The van der Waals surface area contributed by atoms with Crippen molar-refractivity contribution in [2.45, 2.75) is 13.2 Å². The lowest BCUT2D eigenvalue weighted by molar-refractivity contribution is 0.0950. The van der Waals surface area contributed by atoms with Crippen LogP contribution in [0.5, 0.6) is 0 Å². The maximum Gasteiger partial charge on any atom is 0.491 e. The van der Waals surface area contributed by atoms with E-state index in [4.69, 9.17) is 4.65 Å². The summed E-state index contributed by atoms with van der Waals surface area (Å²) in [5.74, 6) is -0.203.